The molecule has 0 saturated carbocycles. The van der Waals surface area contributed by atoms with Gasteiger partial charge >= 0.3 is 5.82 Å². The van der Waals surface area contributed by atoms with Gasteiger partial charge in [0, 0.05) is 18.1 Å². The van der Waals surface area contributed by atoms with Crippen LogP contribution in [-0.4, -0.2) is 25.6 Å². The van der Waals surface area contributed by atoms with E-state index in [9.17, 15) is 14.9 Å². The monoisotopic (exact) mass is 302 g/mol. The molecule has 1 amide bonds. The molecule has 0 aliphatic rings. The maximum atomic E-state index is 11.8. The highest BCUT2D eigenvalue weighted by molar-refractivity contribution is 5.93. The van der Waals surface area contributed by atoms with Crippen molar-refractivity contribution in [2.45, 2.75) is 13.8 Å². The third kappa shape index (κ3) is 3.66. The molecule has 0 radical (unpaired) electrons. The van der Waals surface area contributed by atoms with Gasteiger partial charge < -0.3 is 15.5 Å². The maximum absolute atomic E-state index is 11.8. The molecule has 114 valence electrons. The van der Waals surface area contributed by atoms with E-state index in [0.29, 0.717) is 17.0 Å². The lowest BCUT2D eigenvalue weighted by molar-refractivity contribution is -0.389. The summed E-state index contributed by atoms with van der Waals surface area (Å²) in [5.41, 5.74) is 6.76. The first-order valence-corrected chi connectivity index (χ1v) is 6.32. The Morgan fingerprint density at radius 2 is 2.23 bits per heavy atom. The average Bonchev–Trinajstić information content (AvgIpc) is 2.87. The summed E-state index contributed by atoms with van der Waals surface area (Å²) in [5, 5.41) is 14.5. The third-order valence-electron chi connectivity index (χ3n) is 2.71. The Morgan fingerprint density at radius 3 is 2.82 bits per heavy atom. The number of rotatable bonds is 5. The smallest absolute Gasteiger partial charge is 0.358 e. The van der Waals surface area contributed by atoms with Crippen LogP contribution in [-0.2, 0) is 0 Å². The molecule has 2 aromatic heterocycles. The molecule has 2 N–H and O–H groups in total. The van der Waals surface area contributed by atoms with Crippen LogP contribution in [0.2, 0.25) is 0 Å². The highest BCUT2D eigenvalue weighted by atomic mass is 16.6. The molecule has 0 saturated heterocycles. The van der Waals surface area contributed by atoms with Crippen LogP contribution in [0.3, 0.4) is 0 Å². The quantitative estimate of drug-likeness (QED) is 0.634. The van der Waals surface area contributed by atoms with Crippen molar-refractivity contribution in [2.75, 3.05) is 0 Å². The van der Waals surface area contributed by atoms with E-state index in [1.54, 1.807) is 32.2 Å². The zero-order chi connectivity index (χ0) is 16.1. The molecule has 22 heavy (non-hydrogen) atoms. The SMILES string of the molecule is CC(=Cn1nc([N+](=O)[O-])cc1C)NNC(=O)c1cccnc1. The van der Waals surface area contributed by atoms with Gasteiger partial charge in [0.05, 0.1) is 28.6 Å². The van der Waals surface area contributed by atoms with E-state index >= 15 is 0 Å². The predicted molar refractivity (Wildman–Crippen MR) is 78.4 cm³/mol. The number of allylic oxidation sites excluding steroid dienone is 1. The molecule has 0 aliphatic heterocycles. The fraction of sp³-hybridized carbons (Fsp3) is 0.154. The number of hydrazine groups is 1. The van der Waals surface area contributed by atoms with Gasteiger partial charge in [0.1, 0.15) is 0 Å². The first-order valence-electron chi connectivity index (χ1n) is 6.32. The number of nitro groups is 1. The largest absolute Gasteiger partial charge is 0.390 e. The summed E-state index contributed by atoms with van der Waals surface area (Å²) < 4.78 is 1.36. The lowest BCUT2D eigenvalue weighted by atomic mass is 10.3. The highest BCUT2D eigenvalue weighted by Crippen LogP contribution is 2.11. The van der Waals surface area contributed by atoms with Gasteiger partial charge in [0.15, 0.2) is 0 Å². The minimum atomic E-state index is -0.565. The van der Waals surface area contributed by atoms with Crippen molar-refractivity contribution in [3.63, 3.8) is 0 Å². The Morgan fingerprint density at radius 1 is 1.45 bits per heavy atom. The number of nitrogens with zero attached hydrogens (tertiary/aromatic N) is 4. The van der Waals surface area contributed by atoms with Crippen molar-refractivity contribution in [1.29, 1.82) is 0 Å². The lowest BCUT2D eigenvalue weighted by Gasteiger charge is -2.08. The zero-order valence-corrected chi connectivity index (χ0v) is 12.0. The maximum Gasteiger partial charge on any atom is 0.390 e. The second kappa shape index (κ2) is 6.48. The molecular weight excluding hydrogens is 288 g/mol. The normalized spacial score (nSPS) is 11.1. The second-order valence-corrected chi connectivity index (χ2v) is 4.48. The fourth-order valence-electron chi connectivity index (χ4n) is 1.63. The van der Waals surface area contributed by atoms with Gasteiger partial charge in [-0.2, -0.15) is 4.68 Å². The predicted octanol–water partition coefficient (Wildman–Crippen LogP) is 1.25. The molecular formula is C13H14N6O3. The van der Waals surface area contributed by atoms with E-state index in [-0.39, 0.29) is 11.7 Å². The lowest BCUT2D eigenvalue weighted by Crippen LogP contribution is -2.36. The minimum absolute atomic E-state index is 0.235. The van der Waals surface area contributed by atoms with Gasteiger partial charge in [-0.3, -0.25) is 15.2 Å². The number of pyridine rings is 1. The first-order chi connectivity index (χ1) is 10.5. The van der Waals surface area contributed by atoms with Gasteiger partial charge in [-0.15, -0.1) is 0 Å². The summed E-state index contributed by atoms with van der Waals surface area (Å²) in [6, 6.07) is 4.64. The van der Waals surface area contributed by atoms with Crippen molar-refractivity contribution >= 4 is 17.9 Å². The van der Waals surface area contributed by atoms with Gasteiger partial charge in [0.2, 0.25) is 0 Å². The molecule has 9 heteroatoms. The summed E-state index contributed by atoms with van der Waals surface area (Å²) in [6.45, 7) is 3.38. The summed E-state index contributed by atoms with van der Waals surface area (Å²) in [4.78, 5) is 25.7. The summed E-state index contributed by atoms with van der Waals surface area (Å²) >= 11 is 0. The molecule has 9 nitrogen and oxygen atoms in total. The number of hydrogen-bond donors (Lipinski definition) is 2. The highest BCUT2D eigenvalue weighted by Gasteiger charge is 2.14. The van der Waals surface area contributed by atoms with Crippen LogP contribution in [0.4, 0.5) is 5.82 Å². The van der Waals surface area contributed by atoms with Crippen molar-refractivity contribution in [2.24, 2.45) is 0 Å². The van der Waals surface area contributed by atoms with Crippen LogP contribution in [0.25, 0.3) is 6.20 Å². The number of hydrogen-bond acceptors (Lipinski definition) is 6. The Balaban J connectivity index is 2.01. The van der Waals surface area contributed by atoms with Crippen LogP contribution in [0.5, 0.6) is 0 Å². The third-order valence-corrected chi connectivity index (χ3v) is 2.71. The van der Waals surface area contributed by atoms with Crippen LogP contribution in [0.15, 0.2) is 36.3 Å². The molecule has 0 aromatic carbocycles. The molecule has 2 heterocycles. The summed E-state index contributed by atoms with van der Waals surface area (Å²) in [5.74, 6) is -0.579. The number of aromatic nitrogens is 3. The van der Waals surface area contributed by atoms with E-state index in [1.165, 1.54) is 23.1 Å². The molecule has 0 atom stereocenters. The van der Waals surface area contributed by atoms with Crippen LogP contribution >= 0.6 is 0 Å². The first kappa shape index (κ1) is 15.2. The average molecular weight is 302 g/mol. The number of aryl methyl sites for hydroxylation is 1. The Hall–Kier alpha value is -3.23. The van der Waals surface area contributed by atoms with E-state index in [2.05, 4.69) is 20.9 Å². The van der Waals surface area contributed by atoms with Crippen LogP contribution in [0, 0.1) is 17.0 Å². The van der Waals surface area contributed by atoms with E-state index in [4.69, 9.17) is 0 Å². The van der Waals surface area contributed by atoms with E-state index in [0.717, 1.165) is 0 Å². The Labute approximate surface area is 125 Å². The van der Waals surface area contributed by atoms with Gasteiger partial charge in [0.25, 0.3) is 5.91 Å². The van der Waals surface area contributed by atoms with Gasteiger partial charge in [-0.05, 0) is 30.9 Å². The Kier molecular flexibility index (Phi) is 4.47. The van der Waals surface area contributed by atoms with Crippen molar-refractivity contribution in [3.05, 3.63) is 57.7 Å². The fourth-order valence-corrected chi connectivity index (χ4v) is 1.63. The summed E-state index contributed by atoms with van der Waals surface area (Å²) in [6.07, 6.45) is 4.55. The van der Waals surface area contributed by atoms with Crippen LogP contribution in [0.1, 0.15) is 23.0 Å². The van der Waals surface area contributed by atoms with Gasteiger partial charge in [-0.25, -0.2) is 0 Å². The van der Waals surface area contributed by atoms with Crippen LogP contribution < -0.4 is 10.9 Å². The number of nitrogens with one attached hydrogen (secondary N) is 2. The Bertz CT molecular complexity index is 723. The van der Waals surface area contributed by atoms with Gasteiger partial charge in [-0.1, -0.05) is 0 Å². The van der Waals surface area contributed by atoms with E-state index in [1.807, 2.05) is 0 Å². The summed E-state index contributed by atoms with van der Waals surface area (Å²) in [7, 11) is 0. The molecule has 0 spiro atoms. The van der Waals surface area contributed by atoms with Crippen molar-refractivity contribution < 1.29 is 9.72 Å². The minimum Gasteiger partial charge on any atom is -0.358 e. The van der Waals surface area contributed by atoms with Crippen molar-refractivity contribution in [1.82, 2.24) is 25.6 Å². The molecule has 0 unspecified atom stereocenters. The molecule has 0 bridgehead atoms. The standard InChI is InChI=1S/C13H14N6O3/c1-9(8-18-10(2)6-12(17-18)19(21)22)15-16-13(20)11-4-3-5-14-7-11/h3-8,15H,1-2H3,(H,16,20). The van der Waals surface area contributed by atoms with E-state index < -0.39 is 4.92 Å². The number of amides is 1. The number of carbonyl (C=O) groups excluding carboxylic acids is 1. The number of carbonyl (C=O) groups is 1. The second-order valence-electron chi connectivity index (χ2n) is 4.48. The molecule has 0 fully saturated rings. The topological polar surface area (TPSA) is 115 Å². The van der Waals surface area contributed by atoms with Crippen molar-refractivity contribution in [3.8, 4) is 0 Å². The molecule has 2 aromatic rings. The molecule has 0 aliphatic carbocycles. The molecule has 2 rings (SSSR count). The zero-order valence-electron chi connectivity index (χ0n) is 12.0.